The lowest BCUT2D eigenvalue weighted by Crippen LogP contribution is -2.56. The zero-order valence-electron chi connectivity index (χ0n) is 13.0. The fourth-order valence-corrected chi connectivity index (χ4v) is 3.34. The van der Waals surface area contributed by atoms with Crippen molar-refractivity contribution in [1.82, 2.24) is 9.21 Å². The van der Waals surface area contributed by atoms with Crippen molar-refractivity contribution in [3.63, 3.8) is 0 Å². The zero-order chi connectivity index (χ0) is 15.6. The molecule has 0 atom stereocenters. The van der Waals surface area contributed by atoms with Gasteiger partial charge in [0.2, 0.25) is 10.0 Å². The molecule has 1 heterocycles. The van der Waals surface area contributed by atoms with Gasteiger partial charge in [0, 0.05) is 19.1 Å². The third kappa shape index (κ3) is 3.93. The molecule has 0 N–H and O–H groups in total. The van der Waals surface area contributed by atoms with E-state index in [1.54, 1.807) is 6.92 Å². The number of ether oxygens (including phenoxy) is 1. The molecule has 118 valence electrons. The molecule has 1 rings (SSSR count). The van der Waals surface area contributed by atoms with Gasteiger partial charge in [-0.1, -0.05) is 0 Å². The minimum absolute atomic E-state index is 0.187. The summed E-state index contributed by atoms with van der Waals surface area (Å²) in [5.74, 6) is -0.243. The van der Waals surface area contributed by atoms with E-state index in [9.17, 15) is 13.2 Å². The molecule has 0 aromatic carbocycles. The van der Waals surface area contributed by atoms with Crippen LogP contribution in [-0.4, -0.2) is 68.2 Å². The second kappa shape index (κ2) is 6.41. The van der Waals surface area contributed by atoms with Gasteiger partial charge in [-0.15, -0.1) is 0 Å². The van der Waals surface area contributed by atoms with E-state index in [2.05, 4.69) is 0 Å². The lowest BCUT2D eigenvalue weighted by Gasteiger charge is -2.42. The maximum atomic E-state index is 12.0. The van der Waals surface area contributed by atoms with Gasteiger partial charge in [-0.25, -0.2) is 12.7 Å². The molecule has 0 aromatic heterocycles. The summed E-state index contributed by atoms with van der Waals surface area (Å²) in [5, 5.41) is 0. The summed E-state index contributed by atoms with van der Waals surface area (Å²) in [4.78, 5) is 14.0. The quantitative estimate of drug-likeness (QED) is 0.699. The van der Waals surface area contributed by atoms with Crippen LogP contribution in [0.15, 0.2) is 0 Å². The molecular formula is C13H26N2O4S. The van der Waals surface area contributed by atoms with E-state index < -0.39 is 15.6 Å². The van der Waals surface area contributed by atoms with Crippen LogP contribution in [0.2, 0.25) is 0 Å². The molecule has 0 saturated carbocycles. The van der Waals surface area contributed by atoms with Gasteiger partial charge in [0.1, 0.15) is 5.54 Å². The number of sulfonamides is 1. The third-order valence-corrected chi connectivity index (χ3v) is 5.40. The molecule has 1 aliphatic rings. The van der Waals surface area contributed by atoms with E-state index in [1.807, 2.05) is 25.8 Å². The summed E-state index contributed by atoms with van der Waals surface area (Å²) < 4.78 is 29.6. The van der Waals surface area contributed by atoms with Gasteiger partial charge in [-0.2, -0.15) is 0 Å². The predicted molar refractivity (Wildman–Crippen MR) is 77.9 cm³/mol. The van der Waals surface area contributed by atoms with E-state index in [4.69, 9.17) is 4.74 Å². The van der Waals surface area contributed by atoms with Crippen LogP contribution in [0.4, 0.5) is 0 Å². The van der Waals surface area contributed by atoms with Crippen molar-refractivity contribution in [2.24, 2.45) is 0 Å². The highest BCUT2D eigenvalue weighted by atomic mass is 32.2. The highest BCUT2D eigenvalue weighted by Gasteiger charge is 2.39. The highest BCUT2D eigenvalue weighted by Crippen LogP contribution is 2.24. The summed E-state index contributed by atoms with van der Waals surface area (Å²) >= 11 is 0. The number of likely N-dealkylation sites (N-methyl/N-ethyl adjacent to an activating group) is 1. The third-order valence-electron chi connectivity index (χ3n) is 4.10. The molecule has 1 aliphatic heterocycles. The Morgan fingerprint density at radius 1 is 1.35 bits per heavy atom. The van der Waals surface area contributed by atoms with Gasteiger partial charge in [-0.05, 0) is 40.7 Å². The van der Waals surface area contributed by atoms with Crippen molar-refractivity contribution in [2.75, 3.05) is 33.0 Å². The van der Waals surface area contributed by atoms with Gasteiger partial charge in [-0.3, -0.25) is 9.69 Å². The van der Waals surface area contributed by atoms with Crippen LogP contribution in [0, 0.1) is 0 Å². The molecule has 0 aromatic rings. The summed E-state index contributed by atoms with van der Waals surface area (Å²) in [6.45, 7) is 6.85. The number of carbonyl (C=O) groups excluding carboxylic acids is 1. The zero-order valence-corrected chi connectivity index (χ0v) is 13.9. The van der Waals surface area contributed by atoms with Crippen LogP contribution in [-0.2, 0) is 19.6 Å². The second-order valence-corrected chi connectivity index (χ2v) is 7.77. The lowest BCUT2D eigenvalue weighted by molar-refractivity contribution is -0.156. The normalized spacial score (nSPS) is 19.3. The van der Waals surface area contributed by atoms with Crippen molar-refractivity contribution < 1.29 is 17.9 Å². The van der Waals surface area contributed by atoms with Gasteiger partial charge in [0.05, 0.1) is 12.9 Å². The molecule has 1 saturated heterocycles. The Morgan fingerprint density at radius 3 is 2.25 bits per heavy atom. The first kappa shape index (κ1) is 17.4. The highest BCUT2D eigenvalue weighted by molar-refractivity contribution is 7.88. The summed E-state index contributed by atoms with van der Waals surface area (Å²) in [6, 6.07) is 0.187. The molecule has 0 aliphatic carbocycles. The average molecular weight is 306 g/mol. The fraction of sp³-hybridized carbons (Fsp3) is 0.923. The van der Waals surface area contributed by atoms with Crippen molar-refractivity contribution >= 4 is 16.0 Å². The minimum atomic E-state index is -3.11. The summed E-state index contributed by atoms with van der Waals surface area (Å²) in [7, 11) is -1.21. The number of nitrogens with zero attached hydrogens (tertiary/aromatic N) is 2. The minimum Gasteiger partial charge on any atom is -0.465 e. The van der Waals surface area contributed by atoms with Gasteiger partial charge in [0.25, 0.3) is 0 Å². The van der Waals surface area contributed by atoms with E-state index >= 15 is 0 Å². The molecule has 20 heavy (non-hydrogen) atoms. The Kier molecular flexibility index (Phi) is 5.57. The molecule has 0 radical (unpaired) electrons. The standard InChI is InChI=1S/C13H26N2O4S/c1-6-19-12(16)13(2,3)14(4)11-7-9-15(10-8-11)20(5,17)18/h11H,6-10H2,1-5H3. The monoisotopic (exact) mass is 306 g/mol. The van der Waals surface area contributed by atoms with E-state index in [0.29, 0.717) is 19.7 Å². The number of hydrogen-bond donors (Lipinski definition) is 0. The molecular weight excluding hydrogens is 280 g/mol. The first-order chi connectivity index (χ1) is 9.10. The Morgan fingerprint density at radius 2 is 1.85 bits per heavy atom. The number of carbonyl (C=O) groups is 1. The van der Waals surface area contributed by atoms with Crippen LogP contribution in [0.3, 0.4) is 0 Å². The summed E-state index contributed by atoms with van der Waals surface area (Å²) in [6.07, 6.45) is 2.69. The van der Waals surface area contributed by atoms with E-state index in [0.717, 1.165) is 12.8 Å². The van der Waals surface area contributed by atoms with Crippen LogP contribution in [0.1, 0.15) is 33.6 Å². The van der Waals surface area contributed by atoms with E-state index in [-0.39, 0.29) is 12.0 Å². The van der Waals surface area contributed by atoms with Crippen LogP contribution in [0.5, 0.6) is 0 Å². The van der Waals surface area contributed by atoms with Gasteiger partial charge >= 0.3 is 5.97 Å². The smallest absolute Gasteiger partial charge is 0.325 e. The van der Waals surface area contributed by atoms with Crippen LogP contribution >= 0.6 is 0 Å². The average Bonchev–Trinajstić information content (AvgIpc) is 2.37. The first-order valence-corrected chi connectivity index (χ1v) is 8.80. The Hall–Kier alpha value is -0.660. The summed E-state index contributed by atoms with van der Waals surface area (Å²) in [5.41, 5.74) is -0.700. The lowest BCUT2D eigenvalue weighted by atomic mass is 9.96. The predicted octanol–water partition coefficient (Wildman–Crippen LogP) is 0.684. The van der Waals surface area contributed by atoms with Crippen molar-refractivity contribution in [1.29, 1.82) is 0 Å². The fourth-order valence-electron chi connectivity index (χ4n) is 2.47. The van der Waals surface area contributed by atoms with Gasteiger partial charge < -0.3 is 4.74 Å². The van der Waals surface area contributed by atoms with Crippen LogP contribution < -0.4 is 0 Å². The molecule has 7 heteroatoms. The SMILES string of the molecule is CCOC(=O)C(C)(C)N(C)C1CCN(S(C)(=O)=O)CC1. The van der Waals surface area contributed by atoms with Gasteiger partial charge in [0.15, 0.2) is 0 Å². The Balaban J connectivity index is 2.67. The van der Waals surface area contributed by atoms with Crippen molar-refractivity contribution in [2.45, 2.75) is 45.2 Å². The van der Waals surface area contributed by atoms with E-state index in [1.165, 1.54) is 10.6 Å². The molecule has 1 fully saturated rings. The number of rotatable bonds is 5. The number of esters is 1. The number of hydrogen-bond acceptors (Lipinski definition) is 5. The Labute approximate surface area is 122 Å². The largest absolute Gasteiger partial charge is 0.465 e. The molecule has 6 nitrogen and oxygen atoms in total. The van der Waals surface area contributed by atoms with Crippen molar-refractivity contribution in [3.05, 3.63) is 0 Å². The number of piperidine rings is 1. The molecule has 0 amide bonds. The Bertz CT molecular complexity index is 439. The second-order valence-electron chi connectivity index (χ2n) is 5.78. The maximum absolute atomic E-state index is 12.0. The molecule has 0 unspecified atom stereocenters. The first-order valence-electron chi connectivity index (χ1n) is 6.96. The van der Waals surface area contributed by atoms with Crippen LogP contribution in [0.25, 0.3) is 0 Å². The molecule has 0 bridgehead atoms. The van der Waals surface area contributed by atoms with Crippen molar-refractivity contribution in [3.8, 4) is 0 Å². The topological polar surface area (TPSA) is 66.9 Å². The maximum Gasteiger partial charge on any atom is 0.325 e. The molecule has 0 spiro atoms.